The van der Waals surface area contributed by atoms with E-state index in [0.717, 1.165) is 6.54 Å². The molecule has 0 aromatic heterocycles. The van der Waals surface area contributed by atoms with Crippen LogP contribution in [-0.4, -0.2) is 36.1 Å². The van der Waals surface area contributed by atoms with Crippen molar-refractivity contribution in [2.24, 2.45) is 5.41 Å². The van der Waals surface area contributed by atoms with Crippen molar-refractivity contribution in [2.75, 3.05) is 19.6 Å². The molecule has 1 unspecified atom stereocenters. The predicted molar refractivity (Wildman–Crippen MR) is 81.0 cm³/mol. The molecule has 1 atom stereocenters. The lowest BCUT2D eigenvalue weighted by Gasteiger charge is -2.52. The first-order chi connectivity index (χ1) is 8.42. The van der Waals surface area contributed by atoms with Gasteiger partial charge < -0.3 is 5.32 Å². The molecule has 108 valence electrons. The van der Waals surface area contributed by atoms with E-state index in [4.69, 9.17) is 0 Å². The van der Waals surface area contributed by atoms with Crippen LogP contribution in [0.1, 0.15) is 67.2 Å². The number of hydrogen-bond acceptors (Lipinski definition) is 2. The van der Waals surface area contributed by atoms with Gasteiger partial charge in [-0.1, -0.05) is 41.5 Å². The normalized spacial score (nSPS) is 20.3. The van der Waals surface area contributed by atoms with Crippen molar-refractivity contribution in [1.82, 2.24) is 10.2 Å². The average molecular weight is 254 g/mol. The molecule has 1 rings (SSSR count). The minimum Gasteiger partial charge on any atom is -0.312 e. The molecule has 18 heavy (non-hydrogen) atoms. The third-order valence-corrected chi connectivity index (χ3v) is 4.77. The fourth-order valence-corrected chi connectivity index (χ4v) is 3.96. The number of likely N-dealkylation sites (tertiary alicyclic amines) is 1. The summed E-state index contributed by atoms with van der Waals surface area (Å²) in [6.45, 7) is 17.8. The third-order valence-electron chi connectivity index (χ3n) is 4.77. The lowest BCUT2D eigenvalue weighted by Crippen LogP contribution is -2.64. The number of nitrogens with one attached hydrogen (secondary N) is 1. The Hall–Kier alpha value is -0.0800. The van der Waals surface area contributed by atoms with Crippen LogP contribution in [0, 0.1) is 5.41 Å². The van der Waals surface area contributed by atoms with Gasteiger partial charge in [0.1, 0.15) is 0 Å². The fourth-order valence-electron chi connectivity index (χ4n) is 3.96. The van der Waals surface area contributed by atoms with Gasteiger partial charge in [0.15, 0.2) is 0 Å². The molecule has 0 bridgehead atoms. The van der Waals surface area contributed by atoms with Gasteiger partial charge in [-0.15, -0.1) is 0 Å². The Kier molecular flexibility index (Phi) is 5.67. The van der Waals surface area contributed by atoms with Crippen LogP contribution in [0.5, 0.6) is 0 Å². The summed E-state index contributed by atoms with van der Waals surface area (Å²) < 4.78 is 0. The SMILES string of the molecule is CCNC(C(C)(C)C)C(CC)(CC)N1CCCC1. The van der Waals surface area contributed by atoms with Crippen molar-refractivity contribution < 1.29 is 0 Å². The van der Waals surface area contributed by atoms with Crippen molar-refractivity contribution >= 4 is 0 Å². The summed E-state index contributed by atoms with van der Waals surface area (Å²) in [5, 5.41) is 3.80. The van der Waals surface area contributed by atoms with E-state index in [2.05, 4.69) is 51.8 Å². The van der Waals surface area contributed by atoms with E-state index in [1.165, 1.54) is 38.8 Å². The zero-order valence-corrected chi connectivity index (χ0v) is 13.5. The van der Waals surface area contributed by atoms with Crippen LogP contribution in [-0.2, 0) is 0 Å². The molecule has 0 spiro atoms. The molecule has 1 saturated heterocycles. The zero-order chi connectivity index (χ0) is 13.8. The highest BCUT2D eigenvalue weighted by Crippen LogP contribution is 2.38. The van der Waals surface area contributed by atoms with Gasteiger partial charge in [-0.25, -0.2) is 0 Å². The van der Waals surface area contributed by atoms with Crippen molar-refractivity contribution in [1.29, 1.82) is 0 Å². The van der Waals surface area contributed by atoms with E-state index >= 15 is 0 Å². The second kappa shape index (κ2) is 6.38. The van der Waals surface area contributed by atoms with Crippen LogP contribution in [0.25, 0.3) is 0 Å². The molecule has 0 amide bonds. The maximum atomic E-state index is 3.80. The van der Waals surface area contributed by atoms with Crippen molar-refractivity contribution in [3.63, 3.8) is 0 Å². The average Bonchev–Trinajstić information content (AvgIpc) is 2.83. The molecule has 0 saturated carbocycles. The van der Waals surface area contributed by atoms with Gasteiger partial charge in [0.25, 0.3) is 0 Å². The summed E-state index contributed by atoms with van der Waals surface area (Å²) >= 11 is 0. The Morgan fingerprint density at radius 3 is 1.83 bits per heavy atom. The summed E-state index contributed by atoms with van der Waals surface area (Å²) in [5.41, 5.74) is 0.648. The minimum atomic E-state index is 0.310. The van der Waals surface area contributed by atoms with Gasteiger partial charge in [0.2, 0.25) is 0 Å². The monoisotopic (exact) mass is 254 g/mol. The molecule has 2 nitrogen and oxygen atoms in total. The molecule has 1 fully saturated rings. The maximum absolute atomic E-state index is 3.80. The number of rotatable bonds is 6. The van der Waals surface area contributed by atoms with Crippen LogP contribution in [0.15, 0.2) is 0 Å². The van der Waals surface area contributed by atoms with Gasteiger partial charge in [-0.2, -0.15) is 0 Å². The lowest BCUT2D eigenvalue weighted by molar-refractivity contribution is 0.0174. The topological polar surface area (TPSA) is 15.3 Å². The Balaban J connectivity index is 3.04. The molecule has 1 N–H and O–H groups in total. The molecule has 0 radical (unpaired) electrons. The van der Waals surface area contributed by atoms with Crippen LogP contribution in [0.2, 0.25) is 0 Å². The number of hydrogen-bond donors (Lipinski definition) is 1. The molecule has 1 aliphatic rings. The smallest absolute Gasteiger partial charge is 0.0362 e. The second-order valence-electron chi connectivity index (χ2n) is 6.86. The van der Waals surface area contributed by atoms with E-state index < -0.39 is 0 Å². The lowest BCUT2D eigenvalue weighted by atomic mass is 9.70. The molecule has 1 aliphatic heterocycles. The molecule has 2 heteroatoms. The summed E-state index contributed by atoms with van der Waals surface area (Å²) in [4.78, 5) is 2.77. The van der Waals surface area contributed by atoms with Gasteiger partial charge in [-0.05, 0) is 50.7 Å². The first-order valence-corrected chi connectivity index (χ1v) is 7.90. The summed E-state index contributed by atoms with van der Waals surface area (Å²) in [6.07, 6.45) is 5.26. The Morgan fingerprint density at radius 1 is 1.00 bits per heavy atom. The van der Waals surface area contributed by atoms with Crippen LogP contribution in [0.3, 0.4) is 0 Å². The molecule has 1 heterocycles. The highest BCUT2D eigenvalue weighted by atomic mass is 15.2. The quantitative estimate of drug-likeness (QED) is 0.778. The molecule has 0 aromatic carbocycles. The van der Waals surface area contributed by atoms with Crippen molar-refractivity contribution in [3.8, 4) is 0 Å². The standard InChI is InChI=1S/C16H34N2/c1-7-16(8-2,18-12-10-11-13-18)14(17-9-3)15(4,5)6/h14,17H,7-13H2,1-6H3. The first-order valence-electron chi connectivity index (χ1n) is 7.90. The van der Waals surface area contributed by atoms with Crippen molar-refractivity contribution in [3.05, 3.63) is 0 Å². The predicted octanol–water partition coefficient (Wildman–Crippen LogP) is 3.67. The highest BCUT2D eigenvalue weighted by Gasteiger charge is 2.46. The van der Waals surface area contributed by atoms with E-state index in [-0.39, 0.29) is 0 Å². The van der Waals surface area contributed by atoms with E-state index in [9.17, 15) is 0 Å². The molecule has 0 aliphatic carbocycles. The third kappa shape index (κ3) is 3.08. The van der Waals surface area contributed by atoms with Gasteiger partial charge in [0, 0.05) is 11.6 Å². The fraction of sp³-hybridized carbons (Fsp3) is 1.00. The van der Waals surface area contributed by atoms with Crippen LogP contribution in [0.4, 0.5) is 0 Å². The molecular formula is C16H34N2. The zero-order valence-electron chi connectivity index (χ0n) is 13.5. The Bertz CT molecular complexity index is 232. The second-order valence-corrected chi connectivity index (χ2v) is 6.86. The Labute approximate surface area is 115 Å². The largest absolute Gasteiger partial charge is 0.312 e. The van der Waals surface area contributed by atoms with Gasteiger partial charge in [-0.3, -0.25) is 4.90 Å². The Morgan fingerprint density at radius 2 is 1.50 bits per heavy atom. The summed E-state index contributed by atoms with van der Waals surface area (Å²) in [7, 11) is 0. The number of nitrogens with zero attached hydrogens (tertiary/aromatic N) is 1. The van der Waals surface area contributed by atoms with Gasteiger partial charge in [0.05, 0.1) is 0 Å². The highest BCUT2D eigenvalue weighted by molar-refractivity contribution is 5.04. The van der Waals surface area contributed by atoms with Crippen molar-refractivity contribution in [2.45, 2.75) is 78.8 Å². The summed E-state index contributed by atoms with van der Waals surface area (Å²) in [6, 6.07) is 0.572. The van der Waals surface area contributed by atoms with E-state index in [0.29, 0.717) is 17.0 Å². The van der Waals surface area contributed by atoms with Crippen LogP contribution >= 0.6 is 0 Å². The summed E-state index contributed by atoms with van der Waals surface area (Å²) in [5.74, 6) is 0. The minimum absolute atomic E-state index is 0.310. The maximum Gasteiger partial charge on any atom is 0.0362 e. The number of likely N-dealkylation sites (N-methyl/N-ethyl adjacent to an activating group) is 1. The van der Waals surface area contributed by atoms with E-state index in [1.807, 2.05) is 0 Å². The first kappa shape index (κ1) is 16.0. The molecular weight excluding hydrogens is 220 g/mol. The van der Waals surface area contributed by atoms with Gasteiger partial charge >= 0.3 is 0 Å². The van der Waals surface area contributed by atoms with E-state index in [1.54, 1.807) is 0 Å². The molecule has 0 aromatic rings. The van der Waals surface area contributed by atoms with Crippen LogP contribution < -0.4 is 5.32 Å².